The molecule has 3 aliphatic heterocycles. The van der Waals surface area contributed by atoms with Gasteiger partial charge in [-0.2, -0.15) is 0 Å². The van der Waals surface area contributed by atoms with Crippen LogP contribution in [-0.4, -0.2) is 43.2 Å². The second-order valence-electron chi connectivity index (χ2n) is 8.18. The maximum atomic E-state index is 12.7. The lowest BCUT2D eigenvalue weighted by molar-refractivity contribution is -0.130. The van der Waals surface area contributed by atoms with Crippen molar-refractivity contribution in [3.05, 3.63) is 64.7 Å². The normalized spacial score (nSPS) is 17.4. The Kier molecular flexibility index (Phi) is 5.96. The van der Waals surface area contributed by atoms with Gasteiger partial charge < -0.3 is 24.4 Å². The summed E-state index contributed by atoms with van der Waals surface area (Å²) in [5.74, 6) is 1.84. The van der Waals surface area contributed by atoms with Crippen LogP contribution in [0.1, 0.15) is 18.4 Å². The van der Waals surface area contributed by atoms with Crippen LogP contribution < -0.4 is 19.5 Å². The third-order valence-electron chi connectivity index (χ3n) is 5.96. The Bertz CT molecular complexity index is 1150. The van der Waals surface area contributed by atoms with Crippen molar-refractivity contribution in [1.29, 1.82) is 0 Å². The van der Waals surface area contributed by atoms with Crippen molar-refractivity contribution in [2.24, 2.45) is 5.92 Å². The summed E-state index contributed by atoms with van der Waals surface area (Å²) in [6, 6.07) is 10.8. The molecule has 0 bridgehead atoms. The second kappa shape index (κ2) is 9.19. The molecule has 0 spiro atoms. The molecule has 3 aliphatic rings. The number of piperidine rings is 1. The fourth-order valence-electron chi connectivity index (χ4n) is 4.13. The molecule has 2 aromatic rings. The molecule has 7 nitrogen and oxygen atoms in total. The highest BCUT2D eigenvalue weighted by Gasteiger charge is 2.27. The molecular weight excluding hydrogens is 444 g/mol. The van der Waals surface area contributed by atoms with Gasteiger partial charge in [0.25, 0.3) is 0 Å². The Morgan fingerprint density at radius 1 is 1.00 bits per heavy atom. The van der Waals surface area contributed by atoms with E-state index in [4.69, 9.17) is 25.8 Å². The molecule has 1 saturated heterocycles. The van der Waals surface area contributed by atoms with Crippen LogP contribution in [0, 0.1) is 5.92 Å². The lowest BCUT2D eigenvalue weighted by Crippen LogP contribution is -2.40. The van der Waals surface area contributed by atoms with E-state index in [-0.39, 0.29) is 24.5 Å². The molecule has 0 atom stereocenters. The van der Waals surface area contributed by atoms with Crippen molar-refractivity contribution in [3.63, 3.8) is 0 Å². The number of carbonyl (C=O) groups excluding carboxylic acids is 2. The van der Waals surface area contributed by atoms with Crippen molar-refractivity contribution < 1.29 is 23.8 Å². The molecule has 5 rings (SSSR count). The summed E-state index contributed by atoms with van der Waals surface area (Å²) in [6.45, 7) is 1.67. The minimum Gasteiger partial charge on any atom is -0.488 e. The van der Waals surface area contributed by atoms with Crippen LogP contribution in [-0.2, 0) is 9.59 Å². The Labute approximate surface area is 196 Å². The minimum atomic E-state index is -0.140. The fraction of sp³-hybridized carbons (Fsp3) is 0.280. The number of likely N-dealkylation sites (tertiary alicyclic amines) is 1. The first-order valence-corrected chi connectivity index (χ1v) is 11.2. The third kappa shape index (κ3) is 4.83. The van der Waals surface area contributed by atoms with Gasteiger partial charge in [-0.1, -0.05) is 17.7 Å². The average molecular weight is 467 g/mol. The minimum absolute atomic E-state index is 0.0432. The fourth-order valence-corrected chi connectivity index (χ4v) is 4.31. The second-order valence-corrected chi connectivity index (χ2v) is 8.62. The lowest BCUT2D eigenvalue weighted by atomic mass is 9.95. The SMILES string of the molecule is O=C(Nc1ccc2c(c1)OCO2)C1CCN(C(=O)/C=C/C2=Cc3cc(Cl)ccc3OC2)CC1. The number of nitrogens with one attached hydrogen (secondary N) is 1. The number of anilines is 1. The summed E-state index contributed by atoms with van der Waals surface area (Å²) in [6.07, 6.45) is 6.56. The van der Waals surface area contributed by atoms with Gasteiger partial charge in [0.15, 0.2) is 11.5 Å². The summed E-state index contributed by atoms with van der Waals surface area (Å²) in [5, 5.41) is 3.58. The summed E-state index contributed by atoms with van der Waals surface area (Å²) >= 11 is 6.05. The Morgan fingerprint density at radius 3 is 2.64 bits per heavy atom. The zero-order chi connectivity index (χ0) is 22.8. The van der Waals surface area contributed by atoms with Crippen molar-refractivity contribution in [2.75, 3.05) is 31.8 Å². The number of hydrogen-bond donors (Lipinski definition) is 1. The molecule has 0 aliphatic carbocycles. The van der Waals surface area contributed by atoms with Gasteiger partial charge >= 0.3 is 0 Å². The summed E-state index contributed by atoms with van der Waals surface area (Å²) in [4.78, 5) is 27.1. The molecule has 0 saturated carbocycles. The van der Waals surface area contributed by atoms with Crippen LogP contribution in [0.2, 0.25) is 5.02 Å². The van der Waals surface area contributed by atoms with Crippen molar-refractivity contribution >= 4 is 35.2 Å². The van der Waals surface area contributed by atoms with Gasteiger partial charge in [0.05, 0.1) is 0 Å². The molecule has 3 heterocycles. The van der Waals surface area contributed by atoms with E-state index in [9.17, 15) is 9.59 Å². The molecule has 1 fully saturated rings. The quantitative estimate of drug-likeness (QED) is 0.680. The molecular formula is C25H23ClN2O5. The number of benzene rings is 2. The van der Waals surface area contributed by atoms with Crippen LogP contribution in [0.5, 0.6) is 17.2 Å². The molecule has 0 unspecified atom stereocenters. The first-order valence-electron chi connectivity index (χ1n) is 10.9. The zero-order valence-corrected chi connectivity index (χ0v) is 18.6. The van der Waals surface area contributed by atoms with Crippen LogP contribution in [0.15, 0.2) is 54.1 Å². The van der Waals surface area contributed by atoms with E-state index < -0.39 is 0 Å². The van der Waals surface area contributed by atoms with Gasteiger partial charge in [-0.3, -0.25) is 9.59 Å². The predicted octanol–water partition coefficient (Wildman–Crippen LogP) is 4.28. The number of ether oxygens (including phenoxy) is 3. The first kappa shape index (κ1) is 21.4. The monoisotopic (exact) mass is 466 g/mol. The molecule has 2 aromatic carbocycles. The number of halogens is 1. The standard InChI is InChI=1S/C25H23ClN2O5/c26-19-2-4-21-18(12-19)11-16(14-31-21)1-6-24(29)28-9-7-17(8-10-28)25(30)27-20-3-5-22-23(13-20)33-15-32-22/h1-6,11-13,17H,7-10,14-15H2,(H,27,30)/b6-1+. The Morgan fingerprint density at radius 2 is 1.79 bits per heavy atom. The van der Waals surface area contributed by atoms with Gasteiger partial charge in [-0.15, -0.1) is 0 Å². The molecule has 1 N–H and O–H groups in total. The first-order chi connectivity index (χ1) is 16.0. The lowest BCUT2D eigenvalue weighted by Gasteiger charge is -2.30. The van der Waals surface area contributed by atoms with E-state index in [1.165, 1.54) is 0 Å². The van der Waals surface area contributed by atoms with Crippen LogP contribution in [0.25, 0.3) is 6.08 Å². The van der Waals surface area contributed by atoms with Gasteiger partial charge in [0, 0.05) is 47.4 Å². The highest BCUT2D eigenvalue weighted by atomic mass is 35.5. The third-order valence-corrected chi connectivity index (χ3v) is 6.20. The number of rotatable bonds is 4. The van der Waals surface area contributed by atoms with E-state index in [2.05, 4.69) is 5.32 Å². The molecule has 0 aromatic heterocycles. The largest absolute Gasteiger partial charge is 0.488 e. The zero-order valence-electron chi connectivity index (χ0n) is 17.9. The van der Waals surface area contributed by atoms with Gasteiger partial charge in [0.1, 0.15) is 12.4 Å². The number of hydrogen-bond acceptors (Lipinski definition) is 5. The van der Waals surface area contributed by atoms with Crippen LogP contribution in [0.4, 0.5) is 5.69 Å². The van der Waals surface area contributed by atoms with E-state index in [0.717, 1.165) is 16.9 Å². The topological polar surface area (TPSA) is 77.1 Å². The Balaban J connectivity index is 1.13. The highest BCUT2D eigenvalue weighted by Crippen LogP contribution is 2.34. The average Bonchev–Trinajstić information content (AvgIpc) is 3.30. The summed E-state index contributed by atoms with van der Waals surface area (Å²) in [5.41, 5.74) is 2.47. The van der Waals surface area contributed by atoms with Gasteiger partial charge in [-0.25, -0.2) is 0 Å². The van der Waals surface area contributed by atoms with Gasteiger partial charge in [-0.05, 0) is 54.8 Å². The van der Waals surface area contributed by atoms with Crippen molar-refractivity contribution in [2.45, 2.75) is 12.8 Å². The van der Waals surface area contributed by atoms with Crippen molar-refractivity contribution in [3.8, 4) is 17.2 Å². The van der Waals surface area contributed by atoms with E-state index in [1.54, 1.807) is 41.3 Å². The maximum Gasteiger partial charge on any atom is 0.246 e. The number of amides is 2. The number of fused-ring (bicyclic) bond motifs is 2. The smallest absolute Gasteiger partial charge is 0.246 e. The van der Waals surface area contributed by atoms with Crippen LogP contribution in [0.3, 0.4) is 0 Å². The van der Waals surface area contributed by atoms with E-state index in [0.29, 0.717) is 54.7 Å². The summed E-state index contributed by atoms with van der Waals surface area (Å²) in [7, 11) is 0. The van der Waals surface area contributed by atoms with Crippen molar-refractivity contribution in [1.82, 2.24) is 4.90 Å². The molecule has 0 radical (unpaired) electrons. The Hall–Kier alpha value is -3.45. The maximum absolute atomic E-state index is 12.7. The van der Waals surface area contributed by atoms with E-state index in [1.807, 2.05) is 18.2 Å². The van der Waals surface area contributed by atoms with E-state index >= 15 is 0 Å². The molecule has 2 amide bonds. The number of carbonyl (C=O) groups is 2. The van der Waals surface area contributed by atoms with Crippen LogP contribution >= 0.6 is 11.6 Å². The molecule has 33 heavy (non-hydrogen) atoms. The molecule has 170 valence electrons. The predicted molar refractivity (Wildman–Crippen MR) is 125 cm³/mol. The molecule has 8 heteroatoms. The summed E-state index contributed by atoms with van der Waals surface area (Å²) < 4.78 is 16.4. The number of nitrogens with zero attached hydrogens (tertiary/aromatic N) is 1. The highest BCUT2D eigenvalue weighted by molar-refractivity contribution is 6.30. The van der Waals surface area contributed by atoms with Gasteiger partial charge in [0.2, 0.25) is 18.6 Å².